The Kier molecular flexibility index (Phi) is 5.54. The Morgan fingerprint density at radius 2 is 1.91 bits per heavy atom. The third-order valence-corrected chi connectivity index (χ3v) is 4.96. The molecule has 1 fully saturated rings. The van der Waals surface area contributed by atoms with E-state index in [2.05, 4.69) is 9.89 Å². The molecule has 1 aliphatic heterocycles. The number of aliphatic hydroxyl groups excluding tert-OH is 3. The highest BCUT2D eigenvalue weighted by Gasteiger charge is 2.44. The third-order valence-electron chi connectivity index (χ3n) is 4.96. The summed E-state index contributed by atoms with van der Waals surface area (Å²) < 4.78 is 53.5. The van der Waals surface area contributed by atoms with Crippen molar-refractivity contribution < 1.29 is 42.5 Å². The number of para-hydroxylation sites is 1. The van der Waals surface area contributed by atoms with E-state index >= 15 is 0 Å². The van der Waals surface area contributed by atoms with E-state index in [4.69, 9.17) is 9.26 Å². The molecule has 4 unspecified atom stereocenters. The predicted molar refractivity (Wildman–Crippen MR) is 97.8 cm³/mol. The van der Waals surface area contributed by atoms with Gasteiger partial charge in [-0.2, -0.15) is 0 Å². The second kappa shape index (κ2) is 8.05. The Bertz CT molecular complexity index is 1250. The summed E-state index contributed by atoms with van der Waals surface area (Å²) in [7, 11) is 0. The van der Waals surface area contributed by atoms with E-state index in [9.17, 15) is 38.1 Å². The number of halogens is 3. The van der Waals surface area contributed by atoms with Crippen molar-refractivity contribution in [3.63, 3.8) is 0 Å². The molecule has 0 aliphatic carbocycles. The second-order valence-corrected chi connectivity index (χ2v) is 6.97. The van der Waals surface area contributed by atoms with Crippen LogP contribution in [0.4, 0.5) is 13.2 Å². The Morgan fingerprint density at radius 1 is 1.16 bits per heavy atom. The molecule has 4 atom stereocenters. The monoisotopic (exact) mass is 459 g/mol. The Balaban J connectivity index is 1.71. The molecule has 0 bridgehead atoms. The van der Waals surface area contributed by atoms with E-state index in [1.54, 1.807) is 0 Å². The van der Waals surface area contributed by atoms with Gasteiger partial charge in [-0.3, -0.25) is 13.9 Å². The predicted octanol–water partition coefficient (Wildman–Crippen LogP) is -0.290. The van der Waals surface area contributed by atoms with Crippen LogP contribution in [0.2, 0.25) is 0 Å². The van der Waals surface area contributed by atoms with Crippen molar-refractivity contribution in [1.29, 1.82) is 0 Å². The molecule has 2 aromatic heterocycles. The van der Waals surface area contributed by atoms with E-state index in [0.717, 1.165) is 22.9 Å². The summed E-state index contributed by atoms with van der Waals surface area (Å²) in [6.45, 7) is -1.09. The van der Waals surface area contributed by atoms with Crippen LogP contribution in [0, 0.1) is 0 Å². The minimum atomic E-state index is -4.97. The standard InChI is InChI=1S/C18H16F3N3O8/c19-18(20,21)31-10-3-1-2-8-9(22-32-15(8)10)6-24-12(26)4-5-23(17(24)29)16-14(28)13(27)11(7-25)30-16/h1-5,11,13-14,16,25,27-28H,6-7H2. The van der Waals surface area contributed by atoms with Gasteiger partial charge in [-0.1, -0.05) is 11.2 Å². The van der Waals surface area contributed by atoms with Gasteiger partial charge in [0, 0.05) is 12.3 Å². The van der Waals surface area contributed by atoms with E-state index < -0.39 is 61.1 Å². The van der Waals surface area contributed by atoms with Crippen LogP contribution in [0.25, 0.3) is 11.0 Å². The van der Waals surface area contributed by atoms with Gasteiger partial charge >= 0.3 is 12.1 Å². The van der Waals surface area contributed by atoms with E-state index in [1.807, 2.05) is 0 Å². The van der Waals surface area contributed by atoms with Crippen molar-refractivity contribution in [2.45, 2.75) is 37.4 Å². The van der Waals surface area contributed by atoms with Gasteiger partial charge in [-0.15, -0.1) is 13.2 Å². The van der Waals surface area contributed by atoms with Crippen LogP contribution < -0.4 is 16.0 Å². The van der Waals surface area contributed by atoms with Gasteiger partial charge in [0.05, 0.1) is 18.5 Å². The number of benzene rings is 1. The van der Waals surface area contributed by atoms with Crippen LogP contribution in [0.5, 0.6) is 5.75 Å². The number of hydrogen-bond acceptors (Lipinski definition) is 9. The molecule has 1 saturated heterocycles. The van der Waals surface area contributed by atoms with Crippen LogP contribution in [-0.4, -0.2) is 60.9 Å². The largest absolute Gasteiger partial charge is 0.573 e. The maximum Gasteiger partial charge on any atom is 0.573 e. The molecule has 1 aliphatic rings. The molecule has 1 aromatic carbocycles. The average molecular weight is 459 g/mol. The molecule has 0 radical (unpaired) electrons. The van der Waals surface area contributed by atoms with E-state index in [0.29, 0.717) is 4.57 Å². The number of nitrogens with zero attached hydrogens (tertiary/aromatic N) is 3. The van der Waals surface area contributed by atoms with Gasteiger partial charge in [-0.25, -0.2) is 4.79 Å². The van der Waals surface area contributed by atoms with Gasteiger partial charge in [0.15, 0.2) is 12.0 Å². The molecule has 0 amide bonds. The normalized spacial score (nSPS) is 23.7. The molecular weight excluding hydrogens is 443 g/mol. The molecule has 32 heavy (non-hydrogen) atoms. The number of alkyl halides is 3. The molecule has 3 heterocycles. The maximum atomic E-state index is 12.9. The number of fused-ring (bicyclic) bond motifs is 1. The fourth-order valence-corrected chi connectivity index (χ4v) is 3.44. The van der Waals surface area contributed by atoms with E-state index in [-0.39, 0.29) is 16.7 Å². The first-order valence-corrected chi connectivity index (χ1v) is 9.18. The highest BCUT2D eigenvalue weighted by molar-refractivity contribution is 5.84. The topological polar surface area (TPSA) is 149 Å². The lowest BCUT2D eigenvalue weighted by Gasteiger charge is -2.18. The summed E-state index contributed by atoms with van der Waals surface area (Å²) >= 11 is 0. The van der Waals surface area contributed by atoms with Crippen molar-refractivity contribution in [3.8, 4) is 5.75 Å². The second-order valence-electron chi connectivity index (χ2n) is 6.97. The third kappa shape index (κ3) is 3.88. The first-order chi connectivity index (χ1) is 15.1. The Morgan fingerprint density at radius 3 is 2.56 bits per heavy atom. The molecule has 14 heteroatoms. The Hall–Kier alpha value is -3.20. The van der Waals surface area contributed by atoms with Gasteiger partial charge in [0.2, 0.25) is 5.58 Å². The lowest BCUT2D eigenvalue weighted by molar-refractivity contribution is -0.274. The molecular formula is C18H16F3N3O8. The van der Waals surface area contributed by atoms with Crippen LogP contribution in [-0.2, 0) is 11.3 Å². The fraction of sp³-hybridized carbons (Fsp3) is 0.389. The molecule has 3 N–H and O–H groups in total. The number of aromatic nitrogens is 3. The van der Waals surface area contributed by atoms with Crippen LogP contribution in [0.15, 0.2) is 44.6 Å². The smallest absolute Gasteiger partial charge is 0.402 e. The first kappa shape index (κ1) is 22.0. The van der Waals surface area contributed by atoms with Crippen molar-refractivity contribution in [3.05, 3.63) is 57.0 Å². The van der Waals surface area contributed by atoms with Gasteiger partial charge < -0.3 is 29.3 Å². The lowest BCUT2D eigenvalue weighted by Crippen LogP contribution is -2.43. The quantitative estimate of drug-likeness (QED) is 0.468. The average Bonchev–Trinajstić information content (AvgIpc) is 3.26. The van der Waals surface area contributed by atoms with Crippen molar-refractivity contribution in [2.75, 3.05) is 6.61 Å². The van der Waals surface area contributed by atoms with Crippen LogP contribution in [0.3, 0.4) is 0 Å². The molecule has 4 rings (SSSR count). The molecule has 11 nitrogen and oxygen atoms in total. The summed E-state index contributed by atoms with van der Waals surface area (Å²) in [6, 6.07) is 4.66. The van der Waals surface area contributed by atoms with Gasteiger partial charge in [-0.05, 0) is 12.1 Å². The fourth-order valence-electron chi connectivity index (χ4n) is 3.44. The zero-order chi connectivity index (χ0) is 23.2. The van der Waals surface area contributed by atoms with Crippen molar-refractivity contribution >= 4 is 11.0 Å². The van der Waals surface area contributed by atoms with Crippen LogP contribution >= 0.6 is 0 Å². The van der Waals surface area contributed by atoms with Crippen molar-refractivity contribution in [1.82, 2.24) is 14.3 Å². The zero-order valence-corrected chi connectivity index (χ0v) is 16.0. The van der Waals surface area contributed by atoms with Gasteiger partial charge in [0.25, 0.3) is 5.56 Å². The van der Waals surface area contributed by atoms with Crippen molar-refractivity contribution in [2.24, 2.45) is 0 Å². The van der Waals surface area contributed by atoms with Gasteiger partial charge in [0.1, 0.15) is 24.0 Å². The summed E-state index contributed by atoms with van der Waals surface area (Å²) in [5, 5.41) is 33.0. The SMILES string of the molecule is O=c1ccn(C2OC(CO)C(O)C2O)c(=O)n1Cc1noc2c(OC(F)(F)F)cccc12. The summed E-state index contributed by atoms with van der Waals surface area (Å²) in [5.41, 5.74) is -2.07. The minimum Gasteiger partial charge on any atom is -0.402 e. The lowest BCUT2D eigenvalue weighted by atomic mass is 10.1. The Labute approximate surface area is 175 Å². The molecule has 172 valence electrons. The molecule has 0 spiro atoms. The minimum absolute atomic E-state index is 0.0225. The summed E-state index contributed by atoms with van der Waals surface area (Å²) in [5.74, 6) is -0.641. The number of rotatable bonds is 5. The molecule has 0 saturated carbocycles. The molecule has 3 aromatic rings. The number of aliphatic hydroxyl groups is 3. The highest BCUT2D eigenvalue weighted by atomic mass is 19.4. The van der Waals surface area contributed by atoms with Crippen LogP contribution in [0.1, 0.15) is 11.9 Å². The summed E-state index contributed by atoms with van der Waals surface area (Å²) in [4.78, 5) is 25.2. The first-order valence-electron chi connectivity index (χ1n) is 9.18. The maximum absolute atomic E-state index is 12.9. The highest BCUT2D eigenvalue weighted by Crippen LogP contribution is 2.32. The summed E-state index contributed by atoms with van der Waals surface area (Å²) in [6.07, 6.45) is -9.48. The number of ether oxygens (including phenoxy) is 2. The van der Waals surface area contributed by atoms with E-state index in [1.165, 1.54) is 12.1 Å². The number of hydrogen-bond donors (Lipinski definition) is 3. The zero-order valence-electron chi connectivity index (χ0n) is 16.0.